The third kappa shape index (κ3) is 6.35. The van der Waals surface area contributed by atoms with Gasteiger partial charge in [-0.15, -0.1) is 11.3 Å². The summed E-state index contributed by atoms with van der Waals surface area (Å²) in [7, 11) is 3.13. The van der Waals surface area contributed by atoms with Crippen molar-refractivity contribution in [3.63, 3.8) is 0 Å². The first-order chi connectivity index (χ1) is 17.5. The SMILES string of the molecule is CC(C)C(c1nc2sccc2c(=O)n1Cc1ccccc1)N(CC[N+](C)(C)[O-])C(=O)c1ccc(Br)cc1. The van der Waals surface area contributed by atoms with Crippen molar-refractivity contribution >= 4 is 43.4 Å². The smallest absolute Gasteiger partial charge is 0.262 e. The minimum absolute atomic E-state index is 0.0759. The van der Waals surface area contributed by atoms with Gasteiger partial charge < -0.3 is 14.8 Å². The van der Waals surface area contributed by atoms with Crippen LogP contribution in [0.2, 0.25) is 0 Å². The number of likely N-dealkylation sites (N-methyl/N-ethyl adjacent to an activating group) is 1. The fourth-order valence-electron chi connectivity index (χ4n) is 4.38. The molecule has 4 rings (SSSR count). The van der Waals surface area contributed by atoms with Crippen molar-refractivity contribution in [3.8, 4) is 0 Å². The molecule has 1 atom stereocenters. The highest BCUT2D eigenvalue weighted by Gasteiger charge is 2.33. The van der Waals surface area contributed by atoms with Gasteiger partial charge in [0.05, 0.1) is 45.2 Å². The summed E-state index contributed by atoms with van der Waals surface area (Å²) in [6, 6.07) is 18.2. The maximum Gasteiger partial charge on any atom is 0.262 e. The predicted molar refractivity (Wildman–Crippen MR) is 153 cm³/mol. The number of amides is 1. The van der Waals surface area contributed by atoms with Gasteiger partial charge in [0.25, 0.3) is 11.5 Å². The quantitative estimate of drug-likeness (QED) is 0.188. The Labute approximate surface area is 229 Å². The fourth-order valence-corrected chi connectivity index (χ4v) is 5.41. The van der Waals surface area contributed by atoms with Gasteiger partial charge >= 0.3 is 0 Å². The standard InChI is InChI=1S/C28H31BrN4O3S/c1-19(2)24(31(15-16-33(3,4)36)27(34)21-10-12-22(29)13-11-21)25-30-26-23(14-17-37-26)28(35)32(25)18-20-8-6-5-7-9-20/h5-14,17,19,24H,15-16,18H2,1-4H3. The molecule has 2 aromatic carbocycles. The zero-order valence-electron chi connectivity index (χ0n) is 21.4. The van der Waals surface area contributed by atoms with E-state index < -0.39 is 10.7 Å². The first-order valence-corrected chi connectivity index (χ1v) is 13.8. The molecule has 0 spiro atoms. The van der Waals surface area contributed by atoms with Crippen LogP contribution in [0, 0.1) is 11.1 Å². The van der Waals surface area contributed by atoms with Crippen LogP contribution < -0.4 is 5.56 Å². The lowest BCUT2D eigenvalue weighted by Gasteiger charge is -2.39. The maximum atomic E-state index is 13.9. The first kappa shape index (κ1) is 27.2. The maximum absolute atomic E-state index is 13.9. The summed E-state index contributed by atoms with van der Waals surface area (Å²) in [4.78, 5) is 35.0. The number of rotatable bonds is 9. The van der Waals surface area contributed by atoms with Crippen molar-refractivity contribution in [1.29, 1.82) is 0 Å². The van der Waals surface area contributed by atoms with Gasteiger partial charge in [0.15, 0.2) is 0 Å². The Balaban J connectivity index is 1.89. The van der Waals surface area contributed by atoms with E-state index in [0.717, 1.165) is 10.0 Å². The van der Waals surface area contributed by atoms with Gasteiger partial charge in [-0.2, -0.15) is 0 Å². The molecule has 7 nitrogen and oxygen atoms in total. The molecule has 194 valence electrons. The molecule has 0 bridgehead atoms. The first-order valence-electron chi connectivity index (χ1n) is 12.2. The molecule has 4 aromatic rings. The molecule has 0 fully saturated rings. The van der Waals surface area contributed by atoms with Gasteiger partial charge in [-0.25, -0.2) is 4.98 Å². The Kier molecular flexibility index (Phi) is 8.28. The van der Waals surface area contributed by atoms with E-state index in [2.05, 4.69) is 15.9 Å². The van der Waals surface area contributed by atoms with E-state index in [9.17, 15) is 14.8 Å². The Morgan fingerprint density at radius 2 is 1.78 bits per heavy atom. The summed E-state index contributed by atoms with van der Waals surface area (Å²) < 4.78 is 2.02. The average molecular weight is 584 g/mol. The van der Waals surface area contributed by atoms with Crippen molar-refractivity contribution in [3.05, 3.63) is 103 Å². The van der Waals surface area contributed by atoms with Crippen LogP contribution in [-0.2, 0) is 6.54 Å². The number of halogens is 1. The van der Waals surface area contributed by atoms with Crippen molar-refractivity contribution in [2.75, 3.05) is 27.2 Å². The van der Waals surface area contributed by atoms with E-state index >= 15 is 0 Å². The second-order valence-corrected chi connectivity index (χ2v) is 11.8. The summed E-state index contributed by atoms with van der Waals surface area (Å²) in [6.07, 6.45) is 0. The van der Waals surface area contributed by atoms with E-state index in [1.165, 1.54) is 11.3 Å². The number of aromatic nitrogens is 2. The molecule has 0 saturated carbocycles. The molecule has 37 heavy (non-hydrogen) atoms. The van der Waals surface area contributed by atoms with Crippen LogP contribution in [0.1, 0.15) is 41.6 Å². The molecule has 0 aliphatic rings. The molecule has 0 saturated heterocycles. The van der Waals surface area contributed by atoms with Crippen molar-refractivity contribution in [1.82, 2.24) is 14.5 Å². The van der Waals surface area contributed by atoms with Gasteiger partial charge in [0, 0.05) is 10.0 Å². The number of nitrogens with zero attached hydrogens (tertiary/aromatic N) is 4. The molecule has 2 aromatic heterocycles. The Bertz CT molecular complexity index is 1430. The van der Waals surface area contributed by atoms with Crippen LogP contribution in [0.15, 0.2) is 75.3 Å². The van der Waals surface area contributed by atoms with Crippen LogP contribution in [-0.4, -0.2) is 52.2 Å². The highest BCUT2D eigenvalue weighted by Crippen LogP contribution is 2.31. The highest BCUT2D eigenvalue weighted by molar-refractivity contribution is 9.10. The lowest BCUT2D eigenvalue weighted by Crippen LogP contribution is -2.47. The molecule has 1 unspecified atom stereocenters. The number of thiophene rings is 1. The Hall–Kier alpha value is -2.85. The van der Waals surface area contributed by atoms with Gasteiger partial charge in [-0.3, -0.25) is 14.2 Å². The minimum atomic E-state index is -0.539. The number of hydrogen-bond acceptors (Lipinski definition) is 5. The predicted octanol–water partition coefficient (Wildman–Crippen LogP) is 5.68. The second-order valence-electron chi connectivity index (χ2n) is 9.98. The summed E-state index contributed by atoms with van der Waals surface area (Å²) in [5.41, 5.74) is 1.35. The Morgan fingerprint density at radius 1 is 1.11 bits per heavy atom. The van der Waals surface area contributed by atoms with Crippen LogP contribution in [0.3, 0.4) is 0 Å². The summed E-state index contributed by atoms with van der Waals surface area (Å²) in [5, 5.41) is 15.0. The summed E-state index contributed by atoms with van der Waals surface area (Å²) in [6.45, 7) is 4.79. The minimum Gasteiger partial charge on any atom is -0.633 e. The third-order valence-electron chi connectivity index (χ3n) is 6.26. The van der Waals surface area contributed by atoms with E-state index in [0.29, 0.717) is 28.1 Å². The number of carbonyl (C=O) groups excluding carboxylic acids is 1. The monoisotopic (exact) mass is 582 g/mol. The highest BCUT2D eigenvalue weighted by atomic mass is 79.9. The molecule has 1 amide bonds. The molecule has 9 heteroatoms. The van der Waals surface area contributed by atoms with Crippen molar-refractivity contribution in [2.45, 2.75) is 26.4 Å². The number of carbonyl (C=O) groups is 1. The number of hydroxylamine groups is 3. The molecule has 2 heterocycles. The summed E-state index contributed by atoms with van der Waals surface area (Å²) >= 11 is 4.84. The average Bonchev–Trinajstić information content (AvgIpc) is 3.32. The largest absolute Gasteiger partial charge is 0.633 e. The van der Waals surface area contributed by atoms with E-state index in [1.807, 2.05) is 61.7 Å². The topological polar surface area (TPSA) is 78.3 Å². The summed E-state index contributed by atoms with van der Waals surface area (Å²) in [5.74, 6) is 0.250. The third-order valence-corrected chi connectivity index (χ3v) is 7.60. The molecule has 0 radical (unpaired) electrons. The van der Waals surface area contributed by atoms with E-state index in [1.54, 1.807) is 41.8 Å². The van der Waals surface area contributed by atoms with Crippen LogP contribution >= 0.6 is 27.3 Å². The number of quaternary nitrogens is 1. The number of hydrogen-bond donors (Lipinski definition) is 0. The second kappa shape index (κ2) is 11.3. The van der Waals surface area contributed by atoms with Crippen molar-refractivity contribution in [2.24, 2.45) is 5.92 Å². The van der Waals surface area contributed by atoms with Gasteiger partial charge in [0.1, 0.15) is 10.7 Å². The van der Waals surface area contributed by atoms with Gasteiger partial charge in [0.2, 0.25) is 0 Å². The zero-order chi connectivity index (χ0) is 26.7. The van der Waals surface area contributed by atoms with E-state index in [4.69, 9.17) is 4.98 Å². The number of benzene rings is 2. The van der Waals surface area contributed by atoms with Crippen LogP contribution in [0.4, 0.5) is 0 Å². The van der Waals surface area contributed by atoms with Gasteiger partial charge in [-0.05, 0) is 47.2 Å². The molecule has 0 aliphatic heterocycles. The molecule has 0 N–H and O–H groups in total. The molecule has 0 aliphatic carbocycles. The van der Waals surface area contributed by atoms with Crippen LogP contribution in [0.5, 0.6) is 0 Å². The lowest BCUT2D eigenvalue weighted by molar-refractivity contribution is -0.839. The lowest BCUT2D eigenvalue weighted by atomic mass is 9.99. The molecular weight excluding hydrogens is 552 g/mol. The normalized spacial score (nSPS) is 12.7. The van der Waals surface area contributed by atoms with Crippen molar-refractivity contribution < 1.29 is 9.44 Å². The fraction of sp³-hybridized carbons (Fsp3) is 0.321. The van der Waals surface area contributed by atoms with Crippen LogP contribution in [0.25, 0.3) is 10.2 Å². The Morgan fingerprint density at radius 3 is 2.41 bits per heavy atom. The zero-order valence-corrected chi connectivity index (χ0v) is 23.8. The molecular formula is C28H31BrN4O3S. The van der Waals surface area contributed by atoms with Gasteiger partial charge in [-0.1, -0.05) is 60.1 Å². The number of fused-ring (bicyclic) bond motifs is 1. The van der Waals surface area contributed by atoms with E-state index in [-0.39, 0.29) is 30.5 Å².